The Balaban J connectivity index is 2.64. The van der Waals surface area contributed by atoms with Gasteiger partial charge in [-0.2, -0.15) is 0 Å². The quantitative estimate of drug-likeness (QED) is 0.649. The first-order valence-electron chi connectivity index (χ1n) is 5.43. The Morgan fingerprint density at radius 3 is 2.58 bits per heavy atom. The van der Waals surface area contributed by atoms with E-state index in [-0.39, 0.29) is 16.4 Å². The van der Waals surface area contributed by atoms with Crippen LogP contribution in [0, 0.1) is 0 Å². The summed E-state index contributed by atoms with van der Waals surface area (Å²) in [5, 5.41) is 0.0742. The second-order valence-corrected chi connectivity index (χ2v) is 4.22. The van der Waals surface area contributed by atoms with Gasteiger partial charge in [0.15, 0.2) is 5.69 Å². The fourth-order valence-corrected chi connectivity index (χ4v) is 1.82. The van der Waals surface area contributed by atoms with Gasteiger partial charge in [-0.1, -0.05) is 29.8 Å². The third-order valence-corrected chi connectivity index (χ3v) is 3.00. The number of hydrogen-bond donors (Lipinski definition) is 2. The highest BCUT2D eigenvalue weighted by atomic mass is 35.5. The van der Waals surface area contributed by atoms with Gasteiger partial charge in [-0.3, -0.25) is 0 Å². The van der Waals surface area contributed by atoms with Crippen molar-refractivity contribution in [3.8, 4) is 11.3 Å². The fraction of sp³-hybridized carbons (Fsp3) is 0.0769. The number of ether oxygens (including phenoxy) is 1. The molecule has 0 saturated carbocycles. The molecule has 0 atom stereocenters. The average molecular weight is 278 g/mol. The molecule has 0 bridgehead atoms. The van der Waals surface area contributed by atoms with Crippen molar-refractivity contribution in [2.75, 3.05) is 18.6 Å². The van der Waals surface area contributed by atoms with E-state index in [0.29, 0.717) is 16.9 Å². The zero-order chi connectivity index (χ0) is 14.0. The predicted molar refractivity (Wildman–Crippen MR) is 74.8 cm³/mol. The van der Waals surface area contributed by atoms with Gasteiger partial charge in [-0.05, 0) is 12.1 Å². The van der Waals surface area contributed by atoms with Crippen LogP contribution in [0.5, 0.6) is 0 Å². The molecule has 0 fully saturated rings. The van der Waals surface area contributed by atoms with Crippen molar-refractivity contribution in [1.82, 2.24) is 4.98 Å². The van der Waals surface area contributed by atoms with Crippen LogP contribution in [0.15, 0.2) is 30.3 Å². The Kier molecular flexibility index (Phi) is 3.57. The summed E-state index contributed by atoms with van der Waals surface area (Å²) < 4.78 is 4.62. The first-order chi connectivity index (χ1) is 9.04. The predicted octanol–water partition coefficient (Wildman–Crippen LogP) is 2.35. The Hall–Kier alpha value is -2.27. The molecule has 1 aromatic carbocycles. The highest BCUT2D eigenvalue weighted by Gasteiger charge is 2.18. The minimum Gasteiger partial charge on any atom is -0.464 e. The van der Waals surface area contributed by atoms with Gasteiger partial charge in [0.2, 0.25) is 0 Å². The van der Waals surface area contributed by atoms with E-state index in [1.165, 1.54) is 7.11 Å². The van der Waals surface area contributed by atoms with E-state index in [1.54, 1.807) is 24.3 Å². The summed E-state index contributed by atoms with van der Waals surface area (Å²) in [5.41, 5.74) is 13.6. The molecule has 4 N–H and O–H groups in total. The number of nitrogens with zero attached hydrogens (tertiary/aromatic N) is 1. The lowest BCUT2D eigenvalue weighted by atomic mass is 10.1. The zero-order valence-electron chi connectivity index (χ0n) is 10.2. The largest absolute Gasteiger partial charge is 0.464 e. The second-order valence-electron chi connectivity index (χ2n) is 3.84. The van der Waals surface area contributed by atoms with Crippen molar-refractivity contribution in [2.24, 2.45) is 0 Å². The van der Waals surface area contributed by atoms with Crippen LogP contribution in [0.3, 0.4) is 0 Å². The molecule has 2 rings (SSSR count). The highest BCUT2D eigenvalue weighted by Crippen LogP contribution is 2.30. The van der Waals surface area contributed by atoms with E-state index >= 15 is 0 Å². The summed E-state index contributed by atoms with van der Waals surface area (Å²) in [6, 6.07) is 8.71. The summed E-state index contributed by atoms with van der Waals surface area (Å²) >= 11 is 5.95. The van der Waals surface area contributed by atoms with Crippen LogP contribution in [0.1, 0.15) is 10.5 Å². The number of halogens is 1. The van der Waals surface area contributed by atoms with Crippen LogP contribution in [-0.2, 0) is 4.74 Å². The lowest BCUT2D eigenvalue weighted by Gasteiger charge is -2.09. The number of benzene rings is 1. The molecule has 19 heavy (non-hydrogen) atoms. The minimum atomic E-state index is -0.645. The smallest absolute Gasteiger partial charge is 0.358 e. The van der Waals surface area contributed by atoms with Crippen molar-refractivity contribution in [3.63, 3.8) is 0 Å². The van der Waals surface area contributed by atoms with E-state index in [1.807, 2.05) is 6.07 Å². The number of anilines is 2. The SMILES string of the molecule is COC(=O)c1nc(-c2ccccc2N)cc(N)c1Cl. The second kappa shape index (κ2) is 5.16. The molecule has 0 saturated heterocycles. The highest BCUT2D eigenvalue weighted by molar-refractivity contribution is 6.35. The molecule has 0 spiro atoms. The van der Waals surface area contributed by atoms with E-state index in [2.05, 4.69) is 9.72 Å². The number of methoxy groups -OCH3 is 1. The van der Waals surface area contributed by atoms with Gasteiger partial charge in [0, 0.05) is 11.3 Å². The number of aromatic nitrogens is 1. The molecule has 5 nitrogen and oxygen atoms in total. The third-order valence-electron chi connectivity index (χ3n) is 2.60. The number of esters is 1. The molecule has 1 heterocycles. The maximum atomic E-state index is 11.6. The molecule has 0 aliphatic carbocycles. The molecule has 2 aromatic rings. The van der Waals surface area contributed by atoms with Crippen LogP contribution in [-0.4, -0.2) is 18.1 Å². The Morgan fingerprint density at radius 2 is 1.95 bits per heavy atom. The van der Waals surface area contributed by atoms with Gasteiger partial charge in [-0.15, -0.1) is 0 Å². The summed E-state index contributed by atoms with van der Waals surface area (Å²) in [7, 11) is 1.25. The van der Waals surface area contributed by atoms with E-state index in [4.69, 9.17) is 23.1 Å². The van der Waals surface area contributed by atoms with Crippen LogP contribution >= 0.6 is 11.6 Å². The number of nitrogens with two attached hydrogens (primary N) is 2. The molecule has 98 valence electrons. The number of hydrogen-bond acceptors (Lipinski definition) is 5. The van der Waals surface area contributed by atoms with Gasteiger partial charge < -0.3 is 16.2 Å². The van der Waals surface area contributed by atoms with E-state index in [9.17, 15) is 4.79 Å². The zero-order valence-corrected chi connectivity index (χ0v) is 10.9. The molecule has 0 aliphatic heterocycles. The van der Waals surface area contributed by atoms with Gasteiger partial charge in [0.25, 0.3) is 0 Å². The molecule has 6 heteroatoms. The summed E-state index contributed by atoms with van der Waals surface area (Å²) in [5.74, 6) is -0.645. The van der Waals surface area contributed by atoms with Crippen molar-refractivity contribution in [2.45, 2.75) is 0 Å². The number of rotatable bonds is 2. The summed E-state index contributed by atoms with van der Waals surface area (Å²) in [6.45, 7) is 0. The van der Waals surface area contributed by atoms with Crippen molar-refractivity contribution in [3.05, 3.63) is 41.0 Å². The average Bonchev–Trinajstić information content (AvgIpc) is 2.41. The Labute approximate surface area is 115 Å². The summed E-state index contributed by atoms with van der Waals surface area (Å²) in [6.07, 6.45) is 0. The first kappa shape index (κ1) is 13.2. The molecule has 0 radical (unpaired) electrons. The van der Waals surface area contributed by atoms with Gasteiger partial charge in [0.05, 0.1) is 23.5 Å². The maximum absolute atomic E-state index is 11.6. The van der Waals surface area contributed by atoms with Crippen molar-refractivity contribution in [1.29, 1.82) is 0 Å². The van der Waals surface area contributed by atoms with Gasteiger partial charge >= 0.3 is 5.97 Å². The monoisotopic (exact) mass is 277 g/mol. The molecule has 1 aromatic heterocycles. The van der Waals surface area contributed by atoms with Crippen LogP contribution in [0.2, 0.25) is 5.02 Å². The molecule has 0 amide bonds. The maximum Gasteiger partial charge on any atom is 0.358 e. The van der Waals surface area contributed by atoms with Crippen LogP contribution in [0.25, 0.3) is 11.3 Å². The molecule has 0 unspecified atom stereocenters. The van der Waals surface area contributed by atoms with Crippen molar-refractivity contribution < 1.29 is 9.53 Å². The number of carbonyl (C=O) groups is 1. The van der Waals surface area contributed by atoms with Gasteiger partial charge in [0.1, 0.15) is 0 Å². The minimum absolute atomic E-state index is 0.0255. The number of para-hydroxylation sites is 1. The van der Waals surface area contributed by atoms with Crippen LogP contribution < -0.4 is 11.5 Å². The van der Waals surface area contributed by atoms with E-state index < -0.39 is 5.97 Å². The Morgan fingerprint density at radius 1 is 1.26 bits per heavy atom. The Bertz CT molecular complexity index is 644. The molecule has 0 aliphatic rings. The first-order valence-corrected chi connectivity index (χ1v) is 5.81. The number of carbonyl (C=O) groups excluding carboxylic acids is 1. The van der Waals surface area contributed by atoms with Crippen molar-refractivity contribution >= 4 is 28.9 Å². The summed E-state index contributed by atoms with van der Waals surface area (Å²) in [4.78, 5) is 15.8. The van der Waals surface area contributed by atoms with Crippen LogP contribution in [0.4, 0.5) is 11.4 Å². The molecular weight excluding hydrogens is 266 g/mol. The third kappa shape index (κ3) is 2.46. The standard InChI is InChI=1S/C13H12ClN3O2/c1-19-13(18)12-11(14)9(16)6-10(17-12)7-4-2-3-5-8(7)15/h2-6H,15H2,1H3,(H2,16,17). The topological polar surface area (TPSA) is 91.2 Å². The van der Waals surface area contributed by atoms with Gasteiger partial charge in [-0.25, -0.2) is 9.78 Å². The molecular formula is C13H12ClN3O2. The van der Waals surface area contributed by atoms with E-state index in [0.717, 1.165) is 0 Å². The number of pyridine rings is 1. The number of nitrogen functional groups attached to an aromatic ring is 2. The fourth-order valence-electron chi connectivity index (χ4n) is 1.65. The lowest BCUT2D eigenvalue weighted by molar-refractivity contribution is 0.0594. The normalized spacial score (nSPS) is 10.2. The lowest BCUT2D eigenvalue weighted by Crippen LogP contribution is -2.08.